The first-order valence-corrected chi connectivity index (χ1v) is 8.65. The van der Waals surface area contributed by atoms with Gasteiger partial charge in [-0.2, -0.15) is 0 Å². The molecule has 0 spiro atoms. The number of carbonyl (C=O) groups excluding carboxylic acids is 1. The molecule has 0 unspecified atom stereocenters. The summed E-state index contributed by atoms with van der Waals surface area (Å²) < 4.78 is 11.3. The summed E-state index contributed by atoms with van der Waals surface area (Å²) in [5, 5.41) is 2.84. The van der Waals surface area contributed by atoms with E-state index in [0.717, 1.165) is 23.5 Å². The predicted octanol–water partition coefficient (Wildman–Crippen LogP) is 4.79. The van der Waals surface area contributed by atoms with Crippen molar-refractivity contribution in [2.24, 2.45) is 0 Å². The molecule has 0 radical (unpaired) electrons. The summed E-state index contributed by atoms with van der Waals surface area (Å²) in [6.07, 6.45) is 0.942. The quantitative estimate of drug-likeness (QED) is 0.787. The van der Waals surface area contributed by atoms with Gasteiger partial charge in [-0.15, -0.1) is 0 Å². The molecule has 1 N–H and O–H groups in total. The van der Waals surface area contributed by atoms with E-state index >= 15 is 0 Å². The zero-order chi connectivity index (χ0) is 18.3. The highest BCUT2D eigenvalue weighted by atomic mass is 16.5. The maximum atomic E-state index is 12.2. The van der Waals surface area contributed by atoms with Gasteiger partial charge in [-0.25, -0.2) is 0 Å². The number of carbonyl (C=O) groups is 1. The van der Waals surface area contributed by atoms with Gasteiger partial charge in [0.1, 0.15) is 11.5 Å². The van der Waals surface area contributed by atoms with E-state index in [0.29, 0.717) is 12.3 Å². The van der Waals surface area contributed by atoms with Crippen LogP contribution < -0.4 is 14.8 Å². The van der Waals surface area contributed by atoms with Crippen LogP contribution in [0.4, 0.5) is 5.69 Å². The molecule has 0 aliphatic rings. The van der Waals surface area contributed by atoms with Crippen LogP contribution in [0.3, 0.4) is 0 Å². The Morgan fingerprint density at radius 2 is 1.80 bits per heavy atom. The van der Waals surface area contributed by atoms with Gasteiger partial charge in [0.25, 0.3) is 5.91 Å². The van der Waals surface area contributed by atoms with E-state index in [1.54, 1.807) is 0 Å². The Morgan fingerprint density at radius 3 is 2.52 bits per heavy atom. The van der Waals surface area contributed by atoms with E-state index in [-0.39, 0.29) is 17.9 Å². The molecule has 0 heterocycles. The first kappa shape index (κ1) is 18.8. The summed E-state index contributed by atoms with van der Waals surface area (Å²) in [6, 6.07) is 15.2. The van der Waals surface area contributed by atoms with Crippen molar-refractivity contribution in [3.8, 4) is 11.5 Å². The van der Waals surface area contributed by atoms with Crippen molar-refractivity contribution in [3.63, 3.8) is 0 Å². The van der Waals surface area contributed by atoms with Crippen molar-refractivity contribution in [3.05, 3.63) is 54.1 Å². The van der Waals surface area contributed by atoms with E-state index in [2.05, 4.69) is 33.0 Å². The molecule has 4 nitrogen and oxygen atoms in total. The minimum absolute atomic E-state index is 0.0346. The fourth-order valence-corrected chi connectivity index (χ4v) is 2.44. The molecular formula is C21H27NO3. The summed E-state index contributed by atoms with van der Waals surface area (Å²) in [4.78, 5) is 12.2. The second-order valence-corrected chi connectivity index (χ2v) is 6.96. The molecule has 0 aliphatic carbocycles. The molecule has 0 saturated heterocycles. The summed E-state index contributed by atoms with van der Waals surface area (Å²) in [6.45, 7) is 9.04. The minimum atomic E-state index is -0.198. The number of para-hydroxylation sites is 1. The lowest BCUT2D eigenvalue weighted by atomic mass is 9.86. The number of nitrogens with one attached hydrogen (secondary N) is 1. The van der Waals surface area contributed by atoms with Crippen LogP contribution in [0.5, 0.6) is 11.5 Å². The molecule has 0 fully saturated rings. The number of benzene rings is 2. The van der Waals surface area contributed by atoms with Crippen molar-refractivity contribution >= 4 is 11.6 Å². The fourth-order valence-electron chi connectivity index (χ4n) is 2.44. The van der Waals surface area contributed by atoms with Crippen molar-refractivity contribution in [1.29, 1.82) is 0 Å². The Bertz CT molecular complexity index is 704. The molecule has 134 valence electrons. The van der Waals surface area contributed by atoms with Crippen LogP contribution >= 0.6 is 0 Å². The summed E-state index contributed by atoms with van der Waals surface area (Å²) in [7, 11) is 0. The normalized spacial score (nSPS) is 11.0. The van der Waals surface area contributed by atoms with Gasteiger partial charge >= 0.3 is 0 Å². The number of amides is 1. The van der Waals surface area contributed by atoms with Crippen LogP contribution in [0.2, 0.25) is 0 Å². The Kier molecular flexibility index (Phi) is 6.45. The first-order valence-electron chi connectivity index (χ1n) is 8.65. The van der Waals surface area contributed by atoms with E-state index in [1.165, 1.54) is 0 Å². The summed E-state index contributed by atoms with van der Waals surface area (Å²) in [5.74, 6) is 1.29. The SMILES string of the molecule is CCCOc1cccc(NC(=O)COc2ccccc2C(C)(C)C)c1. The highest BCUT2D eigenvalue weighted by molar-refractivity contribution is 5.92. The molecule has 0 bridgehead atoms. The second kappa shape index (κ2) is 8.56. The van der Waals surface area contributed by atoms with Gasteiger partial charge in [0.2, 0.25) is 0 Å². The lowest BCUT2D eigenvalue weighted by Crippen LogP contribution is -2.22. The van der Waals surface area contributed by atoms with Gasteiger partial charge in [-0.3, -0.25) is 4.79 Å². The molecule has 2 aromatic rings. The Labute approximate surface area is 150 Å². The van der Waals surface area contributed by atoms with Gasteiger partial charge in [-0.1, -0.05) is 52.0 Å². The fraction of sp³-hybridized carbons (Fsp3) is 0.381. The van der Waals surface area contributed by atoms with Crippen LogP contribution in [0.25, 0.3) is 0 Å². The van der Waals surface area contributed by atoms with E-state index in [4.69, 9.17) is 9.47 Å². The second-order valence-electron chi connectivity index (χ2n) is 6.96. The zero-order valence-corrected chi connectivity index (χ0v) is 15.5. The van der Waals surface area contributed by atoms with Crippen LogP contribution in [0.15, 0.2) is 48.5 Å². The summed E-state index contributed by atoms with van der Waals surface area (Å²) in [5.41, 5.74) is 1.74. The molecule has 4 heteroatoms. The molecule has 0 aliphatic heterocycles. The lowest BCUT2D eigenvalue weighted by molar-refractivity contribution is -0.118. The number of rotatable bonds is 7. The van der Waals surface area contributed by atoms with Gasteiger partial charge in [0.15, 0.2) is 6.61 Å². The van der Waals surface area contributed by atoms with Crippen LogP contribution in [0, 0.1) is 0 Å². The lowest BCUT2D eigenvalue weighted by Gasteiger charge is -2.22. The number of anilines is 1. The topological polar surface area (TPSA) is 47.6 Å². The predicted molar refractivity (Wildman–Crippen MR) is 101 cm³/mol. The smallest absolute Gasteiger partial charge is 0.262 e. The van der Waals surface area contributed by atoms with E-state index < -0.39 is 0 Å². The number of hydrogen-bond acceptors (Lipinski definition) is 3. The summed E-state index contributed by atoms with van der Waals surface area (Å²) >= 11 is 0. The first-order chi connectivity index (χ1) is 11.9. The average Bonchev–Trinajstić information content (AvgIpc) is 2.58. The highest BCUT2D eigenvalue weighted by Crippen LogP contribution is 2.30. The van der Waals surface area contributed by atoms with Gasteiger partial charge in [-0.05, 0) is 35.6 Å². The van der Waals surface area contributed by atoms with Crippen LogP contribution in [-0.2, 0) is 10.2 Å². The standard InChI is InChI=1S/C21H27NO3/c1-5-13-24-17-10-8-9-16(14-17)22-20(23)15-25-19-12-7-6-11-18(19)21(2,3)4/h6-12,14H,5,13,15H2,1-4H3,(H,22,23). The molecule has 0 atom stereocenters. The van der Waals surface area contributed by atoms with Gasteiger partial charge in [0.05, 0.1) is 6.61 Å². The van der Waals surface area contributed by atoms with Crippen molar-refractivity contribution in [1.82, 2.24) is 0 Å². The van der Waals surface area contributed by atoms with Crippen molar-refractivity contribution in [2.45, 2.75) is 39.5 Å². The third-order valence-electron chi connectivity index (χ3n) is 3.64. The van der Waals surface area contributed by atoms with E-state index in [1.807, 2.05) is 48.5 Å². The monoisotopic (exact) mass is 341 g/mol. The zero-order valence-electron chi connectivity index (χ0n) is 15.5. The van der Waals surface area contributed by atoms with Crippen LogP contribution in [0.1, 0.15) is 39.7 Å². The molecule has 2 aromatic carbocycles. The third kappa shape index (κ3) is 5.82. The third-order valence-corrected chi connectivity index (χ3v) is 3.64. The molecular weight excluding hydrogens is 314 g/mol. The number of hydrogen-bond donors (Lipinski definition) is 1. The molecule has 0 saturated carbocycles. The van der Waals surface area contributed by atoms with Crippen LogP contribution in [-0.4, -0.2) is 19.1 Å². The Hall–Kier alpha value is -2.49. The molecule has 25 heavy (non-hydrogen) atoms. The maximum Gasteiger partial charge on any atom is 0.262 e. The largest absolute Gasteiger partial charge is 0.494 e. The van der Waals surface area contributed by atoms with Crippen molar-refractivity contribution < 1.29 is 14.3 Å². The minimum Gasteiger partial charge on any atom is -0.494 e. The Balaban J connectivity index is 1.96. The maximum absolute atomic E-state index is 12.2. The van der Waals surface area contributed by atoms with E-state index in [9.17, 15) is 4.79 Å². The average molecular weight is 341 g/mol. The molecule has 0 aromatic heterocycles. The molecule has 2 rings (SSSR count). The Morgan fingerprint density at radius 1 is 1.04 bits per heavy atom. The highest BCUT2D eigenvalue weighted by Gasteiger charge is 2.18. The van der Waals surface area contributed by atoms with Gasteiger partial charge < -0.3 is 14.8 Å². The van der Waals surface area contributed by atoms with Crippen molar-refractivity contribution in [2.75, 3.05) is 18.5 Å². The number of ether oxygens (including phenoxy) is 2. The molecule has 1 amide bonds. The van der Waals surface area contributed by atoms with Gasteiger partial charge in [0, 0.05) is 11.8 Å².